The molecule has 1 aromatic rings. The number of hydrogen-bond donors (Lipinski definition) is 3. The Kier molecular flexibility index (Phi) is 5.13. The fourth-order valence-corrected chi connectivity index (χ4v) is 2.16. The van der Waals surface area contributed by atoms with E-state index in [9.17, 15) is 19.5 Å². The predicted molar refractivity (Wildman–Crippen MR) is 88.8 cm³/mol. The molecule has 0 spiro atoms. The second-order valence-electron chi connectivity index (χ2n) is 6.44. The van der Waals surface area contributed by atoms with E-state index in [4.69, 9.17) is 9.84 Å². The standard InChI is InChI=1S/C17H20N2O6/c1-17(2,3)25-16(24)10-4-5-11(13(21)8-10)18-12-9-14(22)19(6-7-20)15(12)23/h4-5,8-9,18,20-21H,6-7H2,1-3H3. The van der Waals surface area contributed by atoms with Gasteiger partial charge in [-0.2, -0.15) is 0 Å². The number of aliphatic hydroxyl groups is 1. The zero-order chi connectivity index (χ0) is 18.8. The van der Waals surface area contributed by atoms with E-state index in [0.29, 0.717) is 0 Å². The van der Waals surface area contributed by atoms with Gasteiger partial charge in [-0.3, -0.25) is 14.5 Å². The number of β-amino-alcohol motifs (C(OH)–C–C–N with tert-alkyl or cyclic N) is 1. The summed E-state index contributed by atoms with van der Waals surface area (Å²) in [6.07, 6.45) is 1.08. The number of phenolic OH excluding ortho intramolecular Hbond substituents is 1. The number of aromatic hydroxyl groups is 1. The van der Waals surface area contributed by atoms with Crippen molar-refractivity contribution in [3.05, 3.63) is 35.5 Å². The highest BCUT2D eigenvalue weighted by Gasteiger charge is 2.31. The van der Waals surface area contributed by atoms with Crippen LogP contribution >= 0.6 is 0 Å². The lowest BCUT2D eigenvalue weighted by atomic mass is 10.1. The molecule has 0 fully saturated rings. The van der Waals surface area contributed by atoms with Crippen molar-refractivity contribution in [2.75, 3.05) is 18.5 Å². The molecule has 0 aromatic heterocycles. The van der Waals surface area contributed by atoms with E-state index in [0.717, 1.165) is 11.0 Å². The Hall–Kier alpha value is -2.87. The van der Waals surface area contributed by atoms with E-state index < -0.39 is 23.4 Å². The van der Waals surface area contributed by atoms with Crippen LogP contribution in [0.5, 0.6) is 5.75 Å². The van der Waals surface area contributed by atoms with Gasteiger partial charge in [0.25, 0.3) is 11.8 Å². The summed E-state index contributed by atoms with van der Waals surface area (Å²) in [4.78, 5) is 36.6. The second kappa shape index (κ2) is 6.94. The zero-order valence-corrected chi connectivity index (χ0v) is 14.2. The number of benzene rings is 1. The molecule has 0 bridgehead atoms. The van der Waals surface area contributed by atoms with Crippen molar-refractivity contribution in [2.24, 2.45) is 0 Å². The Morgan fingerprint density at radius 3 is 2.52 bits per heavy atom. The lowest BCUT2D eigenvalue weighted by Crippen LogP contribution is -2.34. The van der Waals surface area contributed by atoms with Crippen LogP contribution in [0, 0.1) is 0 Å². The van der Waals surface area contributed by atoms with Crippen LogP contribution in [-0.4, -0.2) is 51.6 Å². The third kappa shape index (κ3) is 4.36. The third-order valence-corrected chi connectivity index (χ3v) is 3.23. The highest BCUT2D eigenvalue weighted by Crippen LogP contribution is 2.28. The molecule has 1 aliphatic heterocycles. The van der Waals surface area contributed by atoms with Gasteiger partial charge in [0.05, 0.1) is 24.4 Å². The minimum Gasteiger partial charge on any atom is -0.506 e. The smallest absolute Gasteiger partial charge is 0.338 e. The van der Waals surface area contributed by atoms with Crippen LogP contribution in [0.15, 0.2) is 30.0 Å². The van der Waals surface area contributed by atoms with Crippen LogP contribution in [0.3, 0.4) is 0 Å². The van der Waals surface area contributed by atoms with E-state index in [1.165, 1.54) is 18.2 Å². The number of nitrogens with one attached hydrogen (secondary N) is 1. The zero-order valence-electron chi connectivity index (χ0n) is 14.2. The summed E-state index contributed by atoms with van der Waals surface area (Å²) >= 11 is 0. The highest BCUT2D eigenvalue weighted by atomic mass is 16.6. The molecule has 0 saturated carbocycles. The Morgan fingerprint density at radius 1 is 1.28 bits per heavy atom. The summed E-state index contributed by atoms with van der Waals surface area (Å²) in [7, 11) is 0. The number of aliphatic hydroxyl groups excluding tert-OH is 1. The van der Waals surface area contributed by atoms with Crippen molar-refractivity contribution >= 4 is 23.5 Å². The maximum atomic E-state index is 12.1. The Balaban J connectivity index is 2.15. The minimum atomic E-state index is -0.665. The lowest BCUT2D eigenvalue weighted by Gasteiger charge is -2.19. The number of amides is 2. The number of imide groups is 1. The Bertz CT molecular complexity index is 748. The van der Waals surface area contributed by atoms with Gasteiger partial charge in [0.2, 0.25) is 0 Å². The largest absolute Gasteiger partial charge is 0.506 e. The molecule has 0 radical (unpaired) electrons. The van der Waals surface area contributed by atoms with Crippen molar-refractivity contribution in [3.63, 3.8) is 0 Å². The van der Waals surface area contributed by atoms with Gasteiger partial charge >= 0.3 is 5.97 Å². The number of phenols is 1. The molecular weight excluding hydrogens is 328 g/mol. The number of rotatable bonds is 5. The maximum absolute atomic E-state index is 12.1. The first-order valence-corrected chi connectivity index (χ1v) is 7.64. The topological polar surface area (TPSA) is 116 Å². The summed E-state index contributed by atoms with van der Waals surface area (Å²) in [6.45, 7) is 4.74. The van der Waals surface area contributed by atoms with Gasteiger partial charge < -0.3 is 20.3 Å². The molecule has 8 heteroatoms. The van der Waals surface area contributed by atoms with E-state index in [1.807, 2.05) is 0 Å². The van der Waals surface area contributed by atoms with Gasteiger partial charge in [-0.15, -0.1) is 0 Å². The van der Waals surface area contributed by atoms with E-state index in [2.05, 4.69) is 5.32 Å². The van der Waals surface area contributed by atoms with Gasteiger partial charge in [0.15, 0.2) is 0 Å². The maximum Gasteiger partial charge on any atom is 0.338 e. The summed E-state index contributed by atoms with van der Waals surface area (Å²) < 4.78 is 5.21. The van der Waals surface area contributed by atoms with E-state index >= 15 is 0 Å². The molecular formula is C17H20N2O6. The summed E-state index contributed by atoms with van der Waals surface area (Å²) in [6, 6.07) is 4.05. The number of carbonyl (C=O) groups excluding carboxylic acids is 3. The molecule has 0 aliphatic carbocycles. The van der Waals surface area contributed by atoms with Crippen molar-refractivity contribution in [1.82, 2.24) is 4.90 Å². The number of hydrogen-bond acceptors (Lipinski definition) is 7. The number of ether oxygens (including phenoxy) is 1. The fourth-order valence-electron chi connectivity index (χ4n) is 2.16. The summed E-state index contributed by atoms with van der Waals surface area (Å²) in [5, 5.41) is 21.6. The van der Waals surface area contributed by atoms with Gasteiger partial charge in [-0.1, -0.05) is 0 Å². The highest BCUT2D eigenvalue weighted by molar-refractivity contribution is 6.17. The Labute approximate surface area is 144 Å². The van der Waals surface area contributed by atoms with Gasteiger partial charge in [0, 0.05) is 6.08 Å². The average Bonchev–Trinajstić information content (AvgIpc) is 2.75. The molecule has 8 nitrogen and oxygen atoms in total. The van der Waals surface area contributed by atoms with Gasteiger partial charge in [-0.05, 0) is 39.0 Å². The first-order valence-electron chi connectivity index (χ1n) is 7.64. The summed E-state index contributed by atoms with van der Waals surface area (Å²) in [5.74, 6) is -2.01. The number of esters is 1. The van der Waals surface area contributed by atoms with Crippen molar-refractivity contribution in [2.45, 2.75) is 26.4 Å². The normalized spacial score (nSPS) is 14.6. The molecule has 0 unspecified atom stereocenters. The third-order valence-electron chi connectivity index (χ3n) is 3.23. The molecule has 0 saturated heterocycles. The molecule has 3 N–H and O–H groups in total. The van der Waals surface area contributed by atoms with E-state index in [-0.39, 0.29) is 35.8 Å². The van der Waals surface area contributed by atoms with Gasteiger partial charge in [-0.25, -0.2) is 4.79 Å². The Morgan fingerprint density at radius 2 is 1.96 bits per heavy atom. The predicted octanol–water partition coefficient (Wildman–Crippen LogP) is 1.00. The van der Waals surface area contributed by atoms with Crippen LogP contribution < -0.4 is 5.32 Å². The van der Waals surface area contributed by atoms with E-state index in [1.54, 1.807) is 20.8 Å². The van der Waals surface area contributed by atoms with Gasteiger partial charge in [0.1, 0.15) is 17.0 Å². The molecule has 1 aliphatic rings. The molecule has 2 amide bonds. The van der Waals surface area contributed by atoms with Crippen molar-refractivity contribution < 1.29 is 29.3 Å². The molecule has 134 valence electrons. The number of nitrogens with zero attached hydrogens (tertiary/aromatic N) is 1. The monoisotopic (exact) mass is 348 g/mol. The first-order chi connectivity index (χ1) is 11.6. The fraction of sp³-hybridized carbons (Fsp3) is 0.353. The van der Waals surface area contributed by atoms with Crippen LogP contribution in [0.2, 0.25) is 0 Å². The molecule has 0 atom stereocenters. The quantitative estimate of drug-likeness (QED) is 0.413. The van der Waals surface area contributed by atoms with Crippen molar-refractivity contribution in [3.8, 4) is 5.75 Å². The van der Waals surface area contributed by atoms with Crippen LogP contribution in [0.4, 0.5) is 5.69 Å². The summed E-state index contributed by atoms with van der Waals surface area (Å²) in [5.41, 5.74) is -0.381. The van der Waals surface area contributed by atoms with Crippen LogP contribution in [0.25, 0.3) is 0 Å². The molecule has 25 heavy (non-hydrogen) atoms. The molecule has 2 rings (SSSR count). The SMILES string of the molecule is CC(C)(C)OC(=O)c1ccc(NC2=CC(=O)N(CCO)C2=O)c(O)c1. The van der Waals surface area contributed by atoms with Crippen molar-refractivity contribution in [1.29, 1.82) is 0 Å². The minimum absolute atomic E-state index is 0.0289. The van der Waals surface area contributed by atoms with Crippen LogP contribution in [-0.2, 0) is 14.3 Å². The number of carbonyl (C=O) groups is 3. The lowest BCUT2D eigenvalue weighted by molar-refractivity contribution is -0.137. The average molecular weight is 348 g/mol. The molecule has 1 heterocycles. The number of anilines is 1. The second-order valence-corrected chi connectivity index (χ2v) is 6.44. The molecule has 1 aromatic carbocycles. The first kappa shape index (κ1) is 18.5. The van der Waals surface area contributed by atoms with Crippen LogP contribution in [0.1, 0.15) is 31.1 Å².